The Morgan fingerprint density at radius 1 is 1.39 bits per heavy atom. The largest absolute Gasteiger partial charge is 0.493 e. The highest BCUT2D eigenvalue weighted by Gasteiger charge is 2.13. The van der Waals surface area contributed by atoms with E-state index in [2.05, 4.69) is 5.32 Å². The van der Waals surface area contributed by atoms with E-state index >= 15 is 0 Å². The molecule has 0 aromatic heterocycles. The van der Waals surface area contributed by atoms with Gasteiger partial charge in [-0.25, -0.2) is 0 Å². The Hall–Kier alpha value is -1.75. The lowest BCUT2D eigenvalue weighted by atomic mass is 10.3. The molecule has 1 rings (SSSR count). The molecular formula is C12H14ClNO4. The molecule has 0 radical (unpaired) electrons. The van der Waals surface area contributed by atoms with Gasteiger partial charge in [-0.15, -0.1) is 0 Å². The number of benzene rings is 1. The number of amides is 1. The van der Waals surface area contributed by atoms with E-state index in [9.17, 15) is 9.59 Å². The van der Waals surface area contributed by atoms with Crippen molar-refractivity contribution in [2.75, 3.05) is 6.61 Å². The molecule has 1 aromatic rings. The van der Waals surface area contributed by atoms with Gasteiger partial charge in [-0.3, -0.25) is 9.59 Å². The summed E-state index contributed by atoms with van der Waals surface area (Å²) in [5.74, 6) is -0.820. The van der Waals surface area contributed by atoms with Crippen LogP contribution in [0, 0.1) is 0 Å². The first-order valence-corrected chi connectivity index (χ1v) is 5.77. The first-order valence-electron chi connectivity index (χ1n) is 5.39. The fourth-order valence-electron chi connectivity index (χ4n) is 1.17. The van der Waals surface area contributed by atoms with Crippen molar-refractivity contribution in [2.45, 2.75) is 19.4 Å². The topological polar surface area (TPSA) is 75.6 Å². The van der Waals surface area contributed by atoms with E-state index in [4.69, 9.17) is 21.4 Å². The number of aliphatic carboxylic acids is 1. The summed E-state index contributed by atoms with van der Waals surface area (Å²) in [4.78, 5) is 21.8. The van der Waals surface area contributed by atoms with Crippen molar-refractivity contribution in [3.8, 4) is 5.75 Å². The van der Waals surface area contributed by atoms with Crippen LogP contribution in [0.25, 0.3) is 0 Å². The molecule has 0 saturated carbocycles. The molecule has 0 aliphatic rings. The molecule has 1 amide bonds. The highest BCUT2D eigenvalue weighted by atomic mass is 35.5. The Morgan fingerprint density at radius 2 is 2.00 bits per heavy atom. The SMILES string of the molecule is CC(NC(=O)CCOc1ccc(Cl)cc1)C(=O)O. The molecule has 1 atom stereocenters. The van der Waals surface area contributed by atoms with Crippen molar-refractivity contribution in [2.24, 2.45) is 0 Å². The van der Waals surface area contributed by atoms with E-state index in [0.717, 1.165) is 0 Å². The Kier molecular flexibility index (Phi) is 5.45. The number of halogens is 1. The van der Waals surface area contributed by atoms with Crippen LogP contribution < -0.4 is 10.1 Å². The molecule has 1 aromatic carbocycles. The van der Waals surface area contributed by atoms with Gasteiger partial charge in [-0.05, 0) is 31.2 Å². The predicted octanol–water partition coefficient (Wildman–Crippen LogP) is 1.70. The molecule has 1 unspecified atom stereocenters. The van der Waals surface area contributed by atoms with Crippen LogP contribution >= 0.6 is 11.6 Å². The van der Waals surface area contributed by atoms with Gasteiger partial charge in [0.25, 0.3) is 0 Å². The maximum Gasteiger partial charge on any atom is 0.325 e. The standard InChI is InChI=1S/C12H14ClNO4/c1-8(12(16)17)14-11(15)6-7-18-10-4-2-9(13)3-5-10/h2-5,8H,6-7H2,1H3,(H,14,15)(H,16,17). The molecule has 98 valence electrons. The van der Waals surface area contributed by atoms with Crippen molar-refractivity contribution in [1.29, 1.82) is 0 Å². The van der Waals surface area contributed by atoms with E-state index in [0.29, 0.717) is 10.8 Å². The zero-order chi connectivity index (χ0) is 13.5. The van der Waals surface area contributed by atoms with E-state index < -0.39 is 12.0 Å². The summed E-state index contributed by atoms with van der Waals surface area (Å²) >= 11 is 5.71. The lowest BCUT2D eigenvalue weighted by Crippen LogP contribution is -2.38. The number of carbonyl (C=O) groups excluding carboxylic acids is 1. The van der Waals surface area contributed by atoms with Crippen LogP contribution in [0.15, 0.2) is 24.3 Å². The third-order valence-electron chi connectivity index (χ3n) is 2.16. The second kappa shape index (κ2) is 6.86. The minimum Gasteiger partial charge on any atom is -0.493 e. The maximum absolute atomic E-state index is 11.3. The Bertz CT molecular complexity index is 419. The monoisotopic (exact) mass is 271 g/mol. The Balaban J connectivity index is 2.27. The maximum atomic E-state index is 11.3. The molecule has 18 heavy (non-hydrogen) atoms. The highest BCUT2D eigenvalue weighted by molar-refractivity contribution is 6.30. The quantitative estimate of drug-likeness (QED) is 0.826. The summed E-state index contributed by atoms with van der Waals surface area (Å²) in [5, 5.41) is 11.5. The molecule has 0 spiro atoms. The lowest BCUT2D eigenvalue weighted by molar-refractivity contribution is -0.141. The molecule has 6 heteroatoms. The molecule has 0 fully saturated rings. The minimum absolute atomic E-state index is 0.0975. The van der Waals surface area contributed by atoms with Crippen LogP contribution in [0.2, 0.25) is 5.02 Å². The smallest absolute Gasteiger partial charge is 0.325 e. The van der Waals surface area contributed by atoms with Crippen molar-refractivity contribution < 1.29 is 19.4 Å². The van der Waals surface area contributed by atoms with Gasteiger partial charge in [-0.1, -0.05) is 11.6 Å². The molecule has 5 nitrogen and oxygen atoms in total. The van der Waals surface area contributed by atoms with Gasteiger partial charge >= 0.3 is 5.97 Å². The molecule has 0 aliphatic heterocycles. The van der Waals surface area contributed by atoms with E-state index in [1.54, 1.807) is 24.3 Å². The van der Waals surface area contributed by atoms with Crippen LogP contribution in [0.3, 0.4) is 0 Å². The van der Waals surface area contributed by atoms with Gasteiger partial charge in [0.2, 0.25) is 5.91 Å². The number of carboxylic acids is 1. The van der Waals surface area contributed by atoms with Gasteiger partial charge in [0.15, 0.2) is 0 Å². The molecule has 0 bridgehead atoms. The first kappa shape index (κ1) is 14.3. The van der Waals surface area contributed by atoms with E-state index in [1.807, 2.05) is 0 Å². The van der Waals surface area contributed by atoms with E-state index in [-0.39, 0.29) is 18.9 Å². The minimum atomic E-state index is -1.07. The van der Waals surface area contributed by atoms with Crippen molar-refractivity contribution in [3.05, 3.63) is 29.3 Å². The first-order chi connectivity index (χ1) is 8.49. The zero-order valence-electron chi connectivity index (χ0n) is 9.85. The lowest BCUT2D eigenvalue weighted by Gasteiger charge is -2.10. The average molecular weight is 272 g/mol. The summed E-state index contributed by atoms with van der Waals surface area (Å²) in [6.45, 7) is 1.58. The van der Waals surface area contributed by atoms with Gasteiger partial charge in [-0.2, -0.15) is 0 Å². The normalized spacial score (nSPS) is 11.7. The van der Waals surface area contributed by atoms with Gasteiger partial charge < -0.3 is 15.2 Å². The van der Waals surface area contributed by atoms with Crippen molar-refractivity contribution >= 4 is 23.5 Å². The van der Waals surface area contributed by atoms with Gasteiger partial charge in [0.1, 0.15) is 11.8 Å². The number of carboxylic acid groups (broad SMARTS) is 1. The molecular weight excluding hydrogens is 258 g/mol. The molecule has 2 N–H and O–H groups in total. The fraction of sp³-hybridized carbons (Fsp3) is 0.333. The predicted molar refractivity (Wildman–Crippen MR) is 66.8 cm³/mol. The third-order valence-corrected chi connectivity index (χ3v) is 2.41. The summed E-state index contributed by atoms with van der Waals surface area (Å²) in [5.41, 5.74) is 0. The van der Waals surface area contributed by atoms with Gasteiger partial charge in [0.05, 0.1) is 13.0 Å². The van der Waals surface area contributed by atoms with E-state index in [1.165, 1.54) is 6.92 Å². The molecule has 0 heterocycles. The van der Waals surface area contributed by atoms with Crippen LogP contribution in [0.4, 0.5) is 0 Å². The number of hydrogen-bond acceptors (Lipinski definition) is 3. The van der Waals surface area contributed by atoms with Crippen LogP contribution in [0.1, 0.15) is 13.3 Å². The summed E-state index contributed by atoms with van der Waals surface area (Å²) in [6, 6.07) is 5.86. The summed E-state index contributed by atoms with van der Waals surface area (Å²) in [7, 11) is 0. The van der Waals surface area contributed by atoms with Crippen molar-refractivity contribution in [3.63, 3.8) is 0 Å². The highest BCUT2D eigenvalue weighted by Crippen LogP contribution is 2.15. The summed E-state index contributed by atoms with van der Waals surface area (Å²) < 4.78 is 5.31. The third kappa shape index (κ3) is 5.05. The van der Waals surface area contributed by atoms with Crippen LogP contribution in [0.5, 0.6) is 5.75 Å². The average Bonchev–Trinajstić information content (AvgIpc) is 2.31. The van der Waals surface area contributed by atoms with Crippen molar-refractivity contribution in [1.82, 2.24) is 5.32 Å². The second-order valence-electron chi connectivity index (χ2n) is 3.68. The zero-order valence-corrected chi connectivity index (χ0v) is 10.6. The number of hydrogen-bond donors (Lipinski definition) is 2. The van der Waals surface area contributed by atoms with Crippen LogP contribution in [-0.4, -0.2) is 29.6 Å². The fourth-order valence-corrected chi connectivity index (χ4v) is 1.29. The number of carbonyl (C=O) groups is 2. The van der Waals surface area contributed by atoms with Crippen LogP contribution in [-0.2, 0) is 9.59 Å². The number of rotatable bonds is 6. The summed E-state index contributed by atoms with van der Waals surface area (Å²) in [6.07, 6.45) is 0.0975. The number of nitrogens with one attached hydrogen (secondary N) is 1. The van der Waals surface area contributed by atoms with Gasteiger partial charge in [0, 0.05) is 5.02 Å². The molecule has 0 saturated heterocycles. The Labute approximate surface area is 110 Å². The Morgan fingerprint density at radius 3 is 2.56 bits per heavy atom. The number of ether oxygens (including phenoxy) is 1. The second-order valence-corrected chi connectivity index (χ2v) is 4.12. The molecule has 0 aliphatic carbocycles.